The van der Waals surface area contributed by atoms with Crippen molar-refractivity contribution < 1.29 is 17.9 Å². The lowest BCUT2D eigenvalue weighted by molar-refractivity contribution is -0.137. The molecule has 33 heavy (non-hydrogen) atoms. The van der Waals surface area contributed by atoms with Gasteiger partial charge in [0.2, 0.25) is 5.78 Å². The van der Waals surface area contributed by atoms with E-state index in [0.717, 1.165) is 35.0 Å². The highest BCUT2D eigenvalue weighted by Gasteiger charge is 2.31. The number of anilines is 2. The van der Waals surface area contributed by atoms with Gasteiger partial charge in [0.25, 0.3) is 0 Å². The van der Waals surface area contributed by atoms with Crippen LogP contribution in [0.5, 0.6) is 0 Å². The lowest BCUT2D eigenvalue weighted by atomic mass is 9.99. The van der Waals surface area contributed by atoms with Crippen molar-refractivity contribution in [3.63, 3.8) is 0 Å². The van der Waals surface area contributed by atoms with E-state index in [2.05, 4.69) is 33.5 Å². The first kappa shape index (κ1) is 21.3. The summed E-state index contributed by atoms with van der Waals surface area (Å²) in [5.41, 5.74) is 8.62. The van der Waals surface area contributed by atoms with E-state index in [4.69, 9.17) is 10.5 Å². The van der Waals surface area contributed by atoms with Gasteiger partial charge in [0, 0.05) is 23.5 Å². The fraction of sp³-hybridized carbons (Fsp3) is 0.250. The van der Waals surface area contributed by atoms with Crippen LogP contribution < -0.4 is 11.1 Å². The van der Waals surface area contributed by atoms with Crippen LogP contribution in [0.15, 0.2) is 54.9 Å². The van der Waals surface area contributed by atoms with Crippen LogP contribution in [0.2, 0.25) is 0 Å². The Morgan fingerprint density at radius 2 is 2.03 bits per heavy atom. The van der Waals surface area contributed by atoms with Crippen molar-refractivity contribution in [2.75, 3.05) is 24.3 Å². The smallest absolute Gasteiger partial charge is 0.399 e. The van der Waals surface area contributed by atoms with Gasteiger partial charge in [0.1, 0.15) is 5.82 Å². The molecule has 5 rings (SSSR count). The Labute approximate surface area is 187 Å². The minimum absolute atomic E-state index is 0.0590. The molecule has 0 spiro atoms. The molecule has 0 fully saturated rings. The summed E-state index contributed by atoms with van der Waals surface area (Å²) in [7, 11) is 0. The molecule has 1 atom stereocenters. The Hall–Kier alpha value is -3.59. The van der Waals surface area contributed by atoms with Gasteiger partial charge in [-0.25, -0.2) is 4.98 Å². The van der Waals surface area contributed by atoms with E-state index in [-0.39, 0.29) is 5.69 Å². The second kappa shape index (κ2) is 8.08. The first-order chi connectivity index (χ1) is 15.8. The predicted molar refractivity (Wildman–Crippen MR) is 122 cm³/mol. The van der Waals surface area contributed by atoms with Crippen molar-refractivity contribution in [3.8, 4) is 0 Å². The van der Waals surface area contributed by atoms with Gasteiger partial charge in [-0.2, -0.15) is 18.2 Å². The lowest BCUT2D eigenvalue weighted by Gasteiger charge is -2.20. The molecule has 1 aliphatic heterocycles. The van der Waals surface area contributed by atoms with E-state index < -0.39 is 17.8 Å². The standard InChI is InChI=1S/C24H22F3N5O/c1-14(17-10-18(24(25,26)27)13-19(28)11-17)30-22-20-12-16(15-4-8-33-9-5-15)2-3-21(20)32-7-6-29-23(32)31-22/h2-4,6-7,10-14H,5,8-9,28H2,1H3,(H,29,30,31). The fourth-order valence-electron chi connectivity index (χ4n) is 4.14. The van der Waals surface area contributed by atoms with Crippen LogP contribution >= 0.6 is 0 Å². The van der Waals surface area contributed by atoms with Crippen LogP contribution in [-0.2, 0) is 10.9 Å². The third-order valence-corrected chi connectivity index (χ3v) is 5.84. The molecule has 0 radical (unpaired) electrons. The molecule has 0 amide bonds. The van der Waals surface area contributed by atoms with Crippen molar-refractivity contribution in [2.24, 2.45) is 0 Å². The number of nitrogens with two attached hydrogens (primary N) is 1. The molecule has 0 aliphatic carbocycles. The van der Waals surface area contributed by atoms with Gasteiger partial charge >= 0.3 is 6.18 Å². The minimum Gasteiger partial charge on any atom is -0.399 e. The van der Waals surface area contributed by atoms with Crippen molar-refractivity contribution in [1.29, 1.82) is 0 Å². The molecule has 1 aliphatic rings. The summed E-state index contributed by atoms with van der Waals surface area (Å²) in [5, 5.41) is 4.13. The molecule has 9 heteroatoms. The van der Waals surface area contributed by atoms with Gasteiger partial charge in [0.05, 0.1) is 30.3 Å². The van der Waals surface area contributed by atoms with Crippen LogP contribution in [0, 0.1) is 0 Å². The van der Waals surface area contributed by atoms with E-state index in [0.29, 0.717) is 30.4 Å². The number of benzene rings is 2. The molecule has 3 heterocycles. The average molecular weight is 453 g/mol. The van der Waals surface area contributed by atoms with Crippen LogP contribution in [-0.4, -0.2) is 27.6 Å². The molecule has 1 unspecified atom stereocenters. The Kier molecular flexibility index (Phi) is 5.20. The van der Waals surface area contributed by atoms with E-state index in [1.54, 1.807) is 19.2 Å². The number of nitrogen functional groups attached to an aromatic ring is 1. The summed E-state index contributed by atoms with van der Waals surface area (Å²) in [5.74, 6) is 1.04. The number of ether oxygens (including phenoxy) is 1. The molecular weight excluding hydrogens is 431 g/mol. The monoisotopic (exact) mass is 453 g/mol. The van der Waals surface area contributed by atoms with E-state index in [9.17, 15) is 13.2 Å². The van der Waals surface area contributed by atoms with E-state index in [1.165, 1.54) is 5.57 Å². The van der Waals surface area contributed by atoms with Crippen molar-refractivity contribution in [3.05, 3.63) is 71.6 Å². The van der Waals surface area contributed by atoms with E-state index >= 15 is 0 Å². The van der Waals surface area contributed by atoms with Gasteiger partial charge in [0.15, 0.2) is 0 Å². The summed E-state index contributed by atoms with van der Waals surface area (Å²) in [6, 6.07) is 9.23. The summed E-state index contributed by atoms with van der Waals surface area (Å²) >= 11 is 0. The highest BCUT2D eigenvalue weighted by atomic mass is 19.4. The van der Waals surface area contributed by atoms with Gasteiger partial charge in [-0.1, -0.05) is 12.1 Å². The van der Waals surface area contributed by atoms with Crippen molar-refractivity contribution in [2.45, 2.75) is 25.6 Å². The van der Waals surface area contributed by atoms with Crippen LogP contribution in [0.25, 0.3) is 22.3 Å². The number of aromatic nitrogens is 3. The maximum atomic E-state index is 13.3. The third-order valence-electron chi connectivity index (χ3n) is 5.84. The Bertz CT molecular complexity index is 1380. The van der Waals surface area contributed by atoms with Gasteiger partial charge in [-0.05, 0) is 60.4 Å². The number of alkyl halides is 3. The quantitative estimate of drug-likeness (QED) is 0.401. The zero-order valence-corrected chi connectivity index (χ0v) is 17.9. The zero-order valence-electron chi connectivity index (χ0n) is 17.9. The Morgan fingerprint density at radius 3 is 2.79 bits per heavy atom. The Morgan fingerprint density at radius 1 is 1.18 bits per heavy atom. The largest absolute Gasteiger partial charge is 0.416 e. The molecule has 2 aromatic heterocycles. The lowest BCUT2D eigenvalue weighted by Crippen LogP contribution is -2.13. The molecule has 0 saturated heterocycles. The fourth-order valence-corrected chi connectivity index (χ4v) is 4.14. The van der Waals surface area contributed by atoms with Crippen molar-refractivity contribution >= 4 is 33.8 Å². The molecule has 0 bridgehead atoms. The first-order valence-corrected chi connectivity index (χ1v) is 10.6. The highest BCUT2D eigenvalue weighted by Crippen LogP contribution is 2.35. The van der Waals surface area contributed by atoms with Crippen LogP contribution in [0.1, 0.15) is 36.1 Å². The number of halogens is 3. The van der Waals surface area contributed by atoms with Gasteiger partial charge in [-0.3, -0.25) is 4.40 Å². The maximum Gasteiger partial charge on any atom is 0.416 e. The molecule has 4 aromatic rings. The Balaban J connectivity index is 1.59. The van der Waals surface area contributed by atoms with E-state index in [1.807, 2.05) is 16.7 Å². The summed E-state index contributed by atoms with van der Waals surface area (Å²) < 4.78 is 47.2. The number of rotatable bonds is 4. The zero-order chi connectivity index (χ0) is 23.2. The molecule has 6 nitrogen and oxygen atoms in total. The van der Waals surface area contributed by atoms with Crippen LogP contribution in [0.3, 0.4) is 0 Å². The summed E-state index contributed by atoms with van der Waals surface area (Å²) in [6.45, 7) is 3.02. The minimum atomic E-state index is -4.48. The molecule has 2 aromatic carbocycles. The molecule has 0 saturated carbocycles. The number of imidazole rings is 1. The summed E-state index contributed by atoms with van der Waals surface area (Å²) in [6.07, 6.45) is 1.90. The normalized spacial score (nSPS) is 15.6. The predicted octanol–water partition coefficient (Wildman–Crippen LogP) is 5.46. The second-order valence-corrected chi connectivity index (χ2v) is 8.10. The first-order valence-electron chi connectivity index (χ1n) is 10.6. The van der Waals surface area contributed by atoms with Gasteiger partial charge in [-0.15, -0.1) is 0 Å². The number of nitrogens with one attached hydrogen (secondary N) is 1. The second-order valence-electron chi connectivity index (χ2n) is 8.10. The molecular formula is C24H22F3N5O. The number of fused-ring (bicyclic) bond motifs is 3. The number of hydrogen-bond donors (Lipinski definition) is 2. The third kappa shape index (κ3) is 4.11. The maximum absolute atomic E-state index is 13.3. The topological polar surface area (TPSA) is 77.5 Å². The number of nitrogens with zero attached hydrogens (tertiary/aromatic N) is 3. The highest BCUT2D eigenvalue weighted by molar-refractivity contribution is 5.93. The SMILES string of the molecule is CC(Nc1nc2nccn2c2ccc(C3=CCOCC3)cc12)c1cc(N)cc(C(F)(F)F)c1. The molecule has 3 N–H and O–H groups in total. The number of hydrogen-bond acceptors (Lipinski definition) is 5. The average Bonchev–Trinajstić information content (AvgIpc) is 3.27. The van der Waals surface area contributed by atoms with Crippen LogP contribution in [0.4, 0.5) is 24.7 Å². The van der Waals surface area contributed by atoms with Crippen molar-refractivity contribution in [1.82, 2.24) is 14.4 Å². The molecule has 170 valence electrons. The van der Waals surface area contributed by atoms with Gasteiger partial charge < -0.3 is 15.8 Å². The summed E-state index contributed by atoms with van der Waals surface area (Å²) in [4.78, 5) is 8.95.